The molecule has 3 heterocycles. The number of rotatable bonds is 6. The van der Waals surface area contributed by atoms with Crippen LogP contribution in [0.4, 0.5) is 0 Å². The summed E-state index contributed by atoms with van der Waals surface area (Å²) in [7, 11) is 1.62. The van der Waals surface area contributed by atoms with Crippen molar-refractivity contribution in [3.63, 3.8) is 0 Å². The van der Waals surface area contributed by atoms with Crippen molar-refractivity contribution in [1.82, 2.24) is 19.9 Å². The lowest BCUT2D eigenvalue weighted by atomic mass is 10.1. The van der Waals surface area contributed by atoms with Crippen LogP contribution in [0.5, 0.6) is 17.2 Å². The number of carbonyl (C=O) groups excluding carboxylic acids is 1. The second kappa shape index (κ2) is 9.07. The molecular weight excluding hydrogens is 456 g/mol. The molecule has 36 heavy (non-hydrogen) atoms. The zero-order valence-corrected chi connectivity index (χ0v) is 19.5. The van der Waals surface area contributed by atoms with Crippen LogP contribution >= 0.6 is 0 Å². The van der Waals surface area contributed by atoms with Crippen molar-refractivity contribution in [2.75, 3.05) is 13.9 Å². The monoisotopic (exact) mass is 478 g/mol. The molecule has 0 fully saturated rings. The van der Waals surface area contributed by atoms with Crippen LogP contribution < -0.4 is 19.5 Å². The van der Waals surface area contributed by atoms with Crippen molar-refractivity contribution in [1.29, 1.82) is 0 Å². The van der Waals surface area contributed by atoms with Crippen molar-refractivity contribution < 1.29 is 19.0 Å². The summed E-state index contributed by atoms with van der Waals surface area (Å²) in [5.74, 6) is 1.81. The van der Waals surface area contributed by atoms with E-state index in [1.54, 1.807) is 17.7 Å². The molecule has 2 aromatic heterocycles. The van der Waals surface area contributed by atoms with Gasteiger partial charge in [0, 0.05) is 23.7 Å². The molecule has 3 aromatic carbocycles. The van der Waals surface area contributed by atoms with Gasteiger partial charge in [-0.3, -0.25) is 4.79 Å². The number of nitrogens with one attached hydrogen (secondary N) is 1. The normalized spacial score (nSPS) is 12.0. The highest BCUT2D eigenvalue weighted by molar-refractivity contribution is 5.94. The van der Waals surface area contributed by atoms with E-state index >= 15 is 0 Å². The van der Waals surface area contributed by atoms with E-state index in [9.17, 15) is 4.79 Å². The lowest BCUT2D eigenvalue weighted by Crippen LogP contribution is -2.25. The summed E-state index contributed by atoms with van der Waals surface area (Å²) in [6.07, 6.45) is 0. The van der Waals surface area contributed by atoms with Crippen LogP contribution in [0.3, 0.4) is 0 Å². The third kappa shape index (κ3) is 4.09. The fraction of sp³-hybridized carbons (Fsp3) is 0.107. The van der Waals surface area contributed by atoms with Crippen molar-refractivity contribution in [3.05, 3.63) is 96.2 Å². The Morgan fingerprint density at radius 2 is 1.75 bits per heavy atom. The predicted octanol–water partition coefficient (Wildman–Crippen LogP) is 4.73. The van der Waals surface area contributed by atoms with Gasteiger partial charge in [-0.15, -0.1) is 0 Å². The van der Waals surface area contributed by atoms with Gasteiger partial charge in [-0.1, -0.05) is 48.5 Å². The van der Waals surface area contributed by atoms with Crippen LogP contribution in [0.1, 0.15) is 16.1 Å². The minimum absolute atomic E-state index is 0.205. The van der Waals surface area contributed by atoms with Crippen LogP contribution in [-0.4, -0.2) is 34.4 Å². The number of benzene rings is 3. The summed E-state index contributed by atoms with van der Waals surface area (Å²) < 4.78 is 17.8. The number of amides is 1. The number of fused-ring (bicyclic) bond motifs is 2. The number of hydrogen-bond donors (Lipinski definition) is 1. The Bertz CT molecular complexity index is 1580. The molecular formula is C28H22N4O4. The van der Waals surface area contributed by atoms with E-state index in [2.05, 4.69) is 5.32 Å². The number of carbonyl (C=O) groups is 1. The molecule has 1 amide bonds. The topological polar surface area (TPSA) is 87.0 Å². The molecule has 6 rings (SSSR count). The Kier molecular flexibility index (Phi) is 5.46. The molecule has 5 aromatic rings. The van der Waals surface area contributed by atoms with E-state index in [1.165, 1.54) is 0 Å². The number of methoxy groups -OCH3 is 1. The third-order valence-corrected chi connectivity index (χ3v) is 5.98. The largest absolute Gasteiger partial charge is 0.497 e. The first kappa shape index (κ1) is 21.7. The molecule has 0 unspecified atom stereocenters. The molecule has 0 aliphatic carbocycles. The van der Waals surface area contributed by atoms with Gasteiger partial charge in [0.15, 0.2) is 17.1 Å². The minimum atomic E-state index is -0.271. The van der Waals surface area contributed by atoms with Gasteiger partial charge in [0.25, 0.3) is 5.91 Å². The number of ether oxygens (including phenoxy) is 3. The summed E-state index contributed by atoms with van der Waals surface area (Å²) in [5, 5.41) is 7.71. The highest BCUT2D eigenvalue weighted by atomic mass is 16.7. The molecule has 1 aliphatic heterocycles. The second-order valence-electron chi connectivity index (χ2n) is 8.29. The van der Waals surface area contributed by atoms with E-state index in [0.717, 1.165) is 22.4 Å². The quantitative estimate of drug-likeness (QED) is 0.380. The molecule has 178 valence electrons. The summed E-state index contributed by atoms with van der Waals surface area (Å²) >= 11 is 0. The fourth-order valence-electron chi connectivity index (χ4n) is 4.14. The van der Waals surface area contributed by atoms with Crippen LogP contribution in [0.2, 0.25) is 0 Å². The molecule has 8 nitrogen and oxygen atoms in total. The first-order valence-corrected chi connectivity index (χ1v) is 11.5. The number of aromatic nitrogens is 3. The van der Waals surface area contributed by atoms with Gasteiger partial charge in [-0.05, 0) is 35.9 Å². The predicted molar refractivity (Wildman–Crippen MR) is 134 cm³/mol. The molecule has 1 aliphatic rings. The maximum absolute atomic E-state index is 13.4. The summed E-state index contributed by atoms with van der Waals surface area (Å²) in [5.41, 5.74) is 5.01. The van der Waals surface area contributed by atoms with Crippen LogP contribution in [0.25, 0.3) is 28.2 Å². The SMILES string of the molecule is COc1cccc(-c2cc(C(=O)NCc3ccc4c(c3)OCO4)n3nc(-c4ccccc4)cc3n2)c1. The molecule has 0 radical (unpaired) electrons. The molecule has 8 heteroatoms. The van der Waals surface area contributed by atoms with Gasteiger partial charge in [-0.25, -0.2) is 9.50 Å². The van der Waals surface area contributed by atoms with E-state index in [4.69, 9.17) is 24.3 Å². The Labute approximate surface area is 207 Å². The Hall–Kier alpha value is -4.85. The summed E-state index contributed by atoms with van der Waals surface area (Å²) in [6.45, 7) is 0.525. The van der Waals surface area contributed by atoms with Crippen molar-refractivity contribution in [2.45, 2.75) is 6.54 Å². The van der Waals surface area contributed by atoms with Crippen molar-refractivity contribution in [3.8, 4) is 39.8 Å². The maximum atomic E-state index is 13.4. The minimum Gasteiger partial charge on any atom is -0.497 e. The highest BCUT2D eigenvalue weighted by Crippen LogP contribution is 2.32. The molecule has 1 N–H and O–H groups in total. The van der Waals surface area contributed by atoms with Crippen molar-refractivity contribution >= 4 is 11.6 Å². The summed E-state index contributed by atoms with van der Waals surface area (Å²) in [4.78, 5) is 18.2. The highest BCUT2D eigenvalue weighted by Gasteiger charge is 2.18. The summed E-state index contributed by atoms with van der Waals surface area (Å²) in [6, 6.07) is 26.6. The van der Waals surface area contributed by atoms with Crippen molar-refractivity contribution in [2.24, 2.45) is 0 Å². The van der Waals surface area contributed by atoms with Crippen LogP contribution in [-0.2, 0) is 6.54 Å². The van der Waals surface area contributed by atoms with E-state index in [0.29, 0.717) is 40.8 Å². The number of hydrogen-bond acceptors (Lipinski definition) is 6. The van der Waals surface area contributed by atoms with Crippen LogP contribution in [0.15, 0.2) is 84.9 Å². The molecule has 0 spiro atoms. The number of nitrogens with zero attached hydrogens (tertiary/aromatic N) is 3. The molecule has 0 saturated heterocycles. The zero-order chi connectivity index (χ0) is 24.5. The van der Waals surface area contributed by atoms with Gasteiger partial charge in [0.2, 0.25) is 6.79 Å². The lowest BCUT2D eigenvalue weighted by Gasteiger charge is -2.10. The van der Waals surface area contributed by atoms with Crippen LogP contribution in [0, 0.1) is 0 Å². The first-order chi connectivity index (χ1) is 17.7. The Balaban J connectivity index is 1.38. The molecule has 0 saturated carbocycles. The van der Waals surface area contributed by atoms with Gasteiger partial charge in [0.1, 0.15) is 11.4 Å². The molecule has 0 atom stereocenters. The lowest BCUT2D eigenvalue weighted by molar-refractivity contribution is 0.0943. The Morgan fingerprint density at radius 1 is 0.917 bits per heavy atom. The van der Waals surface area contributed by atoms with E-state index < -0.39 is 0 Å². The fourth-order valence-corrected chi connectivity index (χ4v) is 4.14. The van der Waals surface area contributed by atoms with E-state index in [-0.39, 0.29) is 12.7 Å². The standard InChI is InChI=1S/C28H22N4O4/c1-34-21-9-5-8-20(13-21)22-14-24(28(33)29-16-18-10-11-25-26(12-18)36-17-35-25)32-27(30-22)15-23(31-32)19-6-3-2-4-7-19/h2-15H,16-17H2,1H3,(H,29,33). The van der Waals surface area contributed by atoms with Gasteiger partial charge >= 0.3 is 0 Å². The van der Waals surface area contributed by atoms with Gasteiger partial charge in [-0.2, -0.15) is 5.10 Å². The average Bonchev–Trinajstić information content (AvgIpc) is 3.58. The third-order valence-electron chi connectivity index (χ3n) is 5.98. The zero-order valence-electron chi connectivity index (χ0n) is 19.5. The van der Waals surface area contributed by atoms with Gasteiger partial charge in [0.05, 0.1) is 18.5 Å². The molecule has 0 bridgehead atoms. The first-order valence-electron chi connectivity index (χ1n) is 11.5. The maximum Gasteiger partial charge on any atom is 0.270 e. The van der Waals surface area contributed by atoms with E-state index in [1.807, 2.05) is 78.9 Å². The van der Waals surface area contributed by atoms with Gasteiger partial charge < -0.3 is 19.5 Å². The average molecular weight is 479 g/mol. The second-order valence-corrected chi connectivity index (χ2v) is 8.29. The Morgan fingerprint density at radius 3 is 2.61 bits per heavy atom. The smallest absolute Gasteiger partial charge is 0.270 e.